The van der Waals surface area contributed by atoms with E-state index >= 15 is 0 Å². The summed E-state index contributed by atoms with van der Waals surface area (Å²) in [5.74, 6) is -0.795. The number of nitrogens with one attached hydrogen (secondary N) is 2. The molecule has 0 unspecified atom stereocenters. The van der Waals surface area contributed by atoms with Crippen LogP contribution in [0.1, 0.15) is 22.3 Å². The first-order chi connectivity index (χ1) is 12.4. The van der Waals surface area contributed by atoms with Crippen LogP contribution in [-0.4, -0.2) is 13.4 Å². The van der Waals surface area contributed by atoms with Gasteiger partial charge in [0.05, 0.1) is 17.3 Å². The first-order valence-electron chi connectivity index (χ1n) is 7.83. The second-order valence-corrected chi connectivity index (χ2v) is 7.52. The number of anilines is 1. The normalized spacial score (nSPS) is 11.1. The van der Waals surface area contributed by atoms with E-state index in [2.05, 4.69) is 9.71 Å². The highest BCUT2D eigenvalue weighted by Gasteiger charge is 2.22. The van der Waals surface area contributed by atoms with Gasteiger partial charge >= 0.3 is 0 Å². The molecule has 132 valence electrons. The number of nitrogens with zero attached hydrogens (tertiary/aromatic N) is 1. The summed E-state index contributed by atoms with van der Waals surface area (Å²) < 4.78 is 41.9. The summed E-state index contributed by atoms with van der Waals surface area (Å²) in [7, 11) is -3.98. The molecule has 5 nitrogen and oxygen atoms in total. The highest BCUT2D eigenvalue weighted by molar-refractivity contribution is 7.92. The Morgan fingerprint density at radius 2 is 1.92 bits per heavy atom. The molecule has 26 heavy (non-hydrogen) atoms. The average molecular weight is 369 g/mol. The minimum atomic E-state index is -3.98. The van der Waals surface area contributed by atoms with Gasteiger partial charge in [-0.3, -0.25) is 4.72 Å². The number of aromatic nitrogens is 1. The van der Waals surface area contributed by atoms with Crippen molar-refractivity contribution in [3.8, 4) is 6.07 Å². The van der Waals surface area contributed by atoms with E-state index in [1.165, 1.54) is 12.3 Å². The molecule has 3 rings (SSSR count). The molecule has 2 aromatic carbocycles. The van der Waals surface area contributed by atoms with Crippen molar-refractivity contribution in [2.45, 2.75) is 18.2 Å². The van der Waals surface area contributed by atoms with Crippen LogP contribution in [0.3, 0.4) is 0 Å². The summed E-state index contributed by atoms with van der Waals surface area (Å²) in [6.45, 7) is 1.62. The monoisotopic (exact) mass is 369 g/mol. The SMILES string of the molecule is Cc1cc(NS(=O)(=O)c2c[nH]cc2Cc2ccccc2)c(F)cc1C#N. The van der Waals surface area contributed by atoms with E-state index in [1.54, 1.807) is 13.1 Å². The fraction of sp³-hybridized carbons (Fsp3) is 0.105. The second-order valence-electron chi connectivity index (χ2n) is 5.87. The molecular formula is C19H16FN3O2S. The van der Waals surface area contributed by atoms with Crippen molar-refractivity contribution in [1.29, 1.82) is 5.26 Å². The lowest BCUT2D eigenvalue weighted by Gasteiger charge is -2.11. The highest BCUT2D eigenvalue weighted by Crippen LogP contribution is 2.25. The number of aromatic amines is 1. The van der Waals surface area contributed by atoms with Crippen molar-refractivity contribution in [2.75, 3.05) is 4.72 Å². The third kappa shape index (κ3) is 3.60. The van der Waals surface area contributed by atoms with Crippen LogP contribution in [0, 0.1) is 24.1 Å². The summed E-state index contributed by atoms with van der Waals surface area (Å²) in [6.07, 6.45) is 3.41. The third-order valence-electron chi connectivity index (χ3n) is 3.99. The number of benzene rings is 2. The van der Waals surface area contributed by atoms with E-state index in [-0.39, 0.29) is 16.1 Å². The van der Waals surface area contributed by atoms with Gasteiger partial charge in [0.2, 0.25) is 0 Å². The largest absolute Gasteiger partial charge is 0.366 e. The molecule has 0 aliphatic rings. The highest BCUT2D eigenvalue weighted by atomic mass is 32.2. The van der Waals surface area contributed by atoms with Crippen molar-refractivity contribution in [3.05, 3.63) is 82.9 Å². The fourth-order valence-electron chi connectivity index (χ4n) is 2.67. The number of hydrogen-bond acceptors (Lipinski definition) is 3. The summed E-state index contributed by atoms with van der Waals surface area (Å²) in [4.78, 5) is 2.86. The molecule has 0 aliphatic heterocycles. The maximum absolute atomic E-state index is 14.2. The standard InChI is InChI=1S/C19H16FN3O2S/c1-13-7-18(17(20)9-15(13)10-21)23-26(24,25)19-12-22-11-16(19)8-14-5-3-2-4-6-14/h2-7,9,11-12,22-23H,8H2,1H3. The topological polar surface area (TPSA) is 85.8 Å². The third-order valence-corrected chi connectivity index (χ3v) is 5.44. The van der Waals surface area contributed by atoms with E-state index in [0.29, 0.717) is 17.5 Å². The first kappa shape index (κ1) is 17.7. The molecule has 1 aromatic heterocycles. The molecule has 0 saturated carbocycles. The molecule has 0 bridgehead atoms. The second kappa shape index (κ2) is 7.02. The van der Waals surface area contributed by atoms with Gasteiger partial charge in [0.1, 0.15) is 10.7 Å². The number of hydrogen-bond donors (Lipinski definition) is 2. The quantitative estimate of drug-likeness (QED) is 0.719. The molecule has 0 amide bonds. The van der Waals surface area contributed by atoms with Gasteiger partial charge < -0.3 is 4.98 Å². The van der Waals surface area contributed by atoms with E-state index in [0.717, 1.165) is 11.6 Å². The zero-order valence-corrected chi connectivity index (χ0v) is 14.8. The van der Waals surface area contributed by atoms with E-state index in [1.807, 2.05) is 36.4 Å². The molecule has 0 saturated heterocycles. The van der Waals surface area contributed by atoms with Crippen LogP contribution in [0.5, 0.6) is 0 Å². The lowest BCUT2D eigenvalue weighted by molar-refractivity contribution is 0.598. The van der Waals surface area contributed by atoms with Crippen molar-refractivity contribution in [1.82, 2.24) is 4.98 Å². The van der Waals surface area contributed by atoms with Gasteiger partial charge in [0.15, 0.2) is 0 Å². The molecule has 2 N–H and O–H groups in total. The number of aryl methyl sites for hydroxylation is 1. The van der Waals surface area contributed by atoms with Crippen LogP contribution < -0.4 is 4.72 Å². The smallest absolute Gasteiger partial charge is 0.263 e. The van der Waals surface area contributed by atoms with Crippen LogP contribution in [0.2, 0.25) is 0 Å². The van der Waals surface area contributed by atoms with Crippen LogP contribution in [0.4, 0.5) is 10.1 Å². The van der Waals surface area contributed by atoms with Crippen molar-refractivity contribution >= 4 is 15.7 Å². The summed E-state index contributed by atoms with van der Waals surface area (Å²) in [6, 6.07) is 13.7. The Hall–Kier alpha value is -3.11. The number of nitriles is 1. The summed E-state index contributed by atoms with van der Waals surface area (Å²) >= 11 is 0. The van der Waals surface area contributed by atoms with Crippen molar-refractivity contribution in [2.24, 2.45) is 0 Å². The molecular weight excluding hydrogens is 353 g/mol. The molecule has 1 heterocycles. The number of rotatable bonds is 5. The molecule has 0 atom stereocenters. The lowest BCUT2D eigenvalue weighted by atomic mass is 10.1. The zero-order chi connectivity index (χ0) is 18.7. The predicted octanol–water partition coefficient (Wildman–Crippen LogP) is 3.73. The lowest BCUT2D eigenvalue weighted by Crippen LogP contribution is -2.15. The Morgan fingerprint density at radius 1 is 1.19 bits per heavy atom. The van der Waals surface area contributed by atoms with Crippen molar-refractivity contribution < 1.29 is 12.8 Å². The summed E-state index contributed by atoms with van der Waals surface area (Å²) in [5.41, 5.74) is 2.01. The predicted molar refractivity (Wildman–Crippen MR) is 96.7 cm³/mol. The van der Waals surface area contributed by atoms with Crippen LogP contribution in [0.15, 0.2) is 59.8 Å². The molecule has 7 heteroatoms. The Morgan fingerprint density at radius 3 is 2.62 bits per heavy atom. The van der Waals surface area contributed by atoms with E-state index < -0.39 is 15.8 Å². The maximum Gasteiger partial charge on any atom is 0.263 e. The molecule has 0 radical (unpaired) electrons. The molecule has 0 fully saturated rings. The maximum atomic E-state index is 14.2. The molecule has 3 aromatic rings. The van der Waals surface area contributed by atoms with Gasteiger partial charge in [0, 0.05) is 18.8 Å². The molecule has 0 spiro atoms. The van der Waals surface area contributed by atoms with Crippen LogP contribution in [-0.2, 0) is 16.4 Å². The van der Waals surface area contributed by atoms with Gasteiger partial charge in [-0.25, -0.2) is 12.8 Å². The van der Waals surface area contributed by atoms with Gasteiger partial charge in [-0.15, -0.1) is 0 Å². The Kier molecular flexibility index (Phi) is 4.78. The summed E-state index contributed by atoms with van der Waals surface area (Å²) in [5, 5.41) is 8.93. The first-order valence-corrected chi connectivity index (χ1v) is 9.31. The van der Waals surface area contributed by atoms with E-state index in [9.17, 15) is 12.8 Å². The Bertz CT molecular complexity index is 1080. The Labute approximate surface area is 151 Å². The van der Waals surface area contributed by atoms with Gasteiger partial charge in [-0.05, 0) is 35.7 Å². The molecule has 0 aliphatic carbocycles. The average Bonchev–Trinajstić information content (AvgIpc) is 3.07. The van der Waals surface area contributed by atoms with Crippen molar-refractivity contribution in [3.63, 3.8) is 0 Å². The fourth-order valence-corrected chi connectivity index (χ4v) is 3.92. The van der Waals surface area contributed by atoms with Gasteiger partial charge in [-0.2, -0.15) is 5.26 Å². The van der Waals surface area contributed by atoms with Gasteiger partial charge in [-0.1, -0.05) is 30.3 Å². The van der Waals surface area contributed by atoms with E-state index in [4.69, 9.17) is 5.26 Å². The van der Waals surface area contributed by atoms with Gasteiger partial charge in [0.25, 0.3) is 10.0 Å². The Balaban J connectivity index is 1.92. The zero-order valence-electron chi connectivity index (χ0n) is 14.0. The minimum absolute atomic E-state index is 0.0581. The number of halogens is 1. The minimum Gasteiger partial charge on any atom is -0.366 e. The number of H-pyrrole nitrogens is 1. The van der Waals surface area contributed by atoms with Crippen LogP contribution in [0.25, 0.3) is 0 Å². The number of sulfonamides is 1. The van der Waals surface area contributed by atoms with Crippen LogP contribution >= 0.6 is 0 Å².